The number of rotatable bonds is 6. The molecule has 7 heteroatoms. The van der Waals surface area contributed by atoms with Gasteiger partial charge < -0.3 is 11.1 Å². The Hall–Kier alpha value is -2.02. The molecule has 0 radical (unpaired) electrons. The van der Waals surface area contributed by atoms with Gasteiger partial charge in [-0.15, -0.1) is 0 Å². The first-order valence-corrected chi connectivity index (χ1v) is 6.65. The van der Waals surface area contributed by atoms with Gasteiger partial charge >= 0.3 is 0 Å². The van der Waals surface area contributed by atoms with Crippen molar-refractivity contribution in [3.05, 3.63) is 58.9 Å². The molecule has 0 aliphatic carbocycles. The van der Waals surface area contributed by atoms with E-state index in [1.165, 1.54) is 13.1 Å². The first-order chi connectivity index (χ1) is 9.81. The topological polar surface area (TPSA) is 68.0 Å². The molecule has 112 valence electrons. The van der Waals surface area contributed by atoms with E-state index < -0.39 is 23.6 Å². The smallest absolute Gasteiger partial charge is 0.244 e. The van der Waals surface area contributed by atoms with Crippen LogP contribution in [0.4, 0.5) is 14.5 Å². The predicted octanol–water partition coefficient (Wildman–Crippen LogP) is 3.39. The highest BCUT2D eigenvalue weighted by Gasteiger charge is 2.21. The van der Waals surface area contributed by atoms with Crippen LogP contribution in [0.2, 0.25) is 0 Å². The van der Waals surface area contributed by atoms with Gasteiger partial charge in [0.1, 0.15) is 11.9 Å². The summed E-state index contributed by atoms with van der Waals surface area (Å²) in [6.07, 6.45) is 4.81. The minimum absolute atomic E-state index is 0.194. The second kappa shape index (κ2) is 7.68. The van der Waals surface area contributed by atoms with Crippen LogP contribution in [-0.4, -0.2) is 16.9 Å². The third-order valence-electron chi connectivity index (χ3n) is 2.41. The van der Waals surface area contributed by atoms with Crippen LogP contribution in [0.15, 0.2) is 58.9 Å². The molecule has 0 saturated carbocycles. The van der Waals surface area contributed by atoms with E-state index in [9.17, 15) is 13.6 Å². The van der Waals surface area contributed by atoms with Gasteiger partial charge in [0.25, 0.3) is 0 Å². The van der Waals surface area contributed by atoms with Crippen LogP contribution >= 0.6 is 15.9 Å². The van der Waals surface area contributed by atoms with Gasteiger partial charge in [-0.2, -0.15) is 0 Å². The van der Waals surface area contributed by atoms with Crippen molar-refractivity contribution in [3.8, 4) is 0 Å². The highest BCUT2D eigenvalue weighted by molar-refractivity contribution is 9.10. The van der Waals surface area contributed by atoms with Crippen molar-refractivity contribution in [1.29, 1.82) is 0 Å². The van der Waals surface area contributed by atoms with Crippen LogP contribution in [0.1, 0.15) is 6.92 Å². The summed E-state index contributed by atoms with van der Waals surface area (Å²) in [5.41, 5.74) is 5.50. The molecule has 0 fully saturated rings. The molecule has 0 aliphatic heterocycles. The van der Waals surface area contributed by atoms with Crippen LogP contribution < -0.4 is 11.1 Å². The molecule has 1 amide bonds. The number of nitrogens with zero attached hydrogens (tertiary/aromatic N) is 1. The third kappa shape index (κ3) is 5.47. The van der Waals surface area contributed by atoms with Crippen molar-refractivity contribution in [2.24, 2.45) is 5.73 Å². The van der Waals surface area contributed by atoms with Crippen LogP contribution in [0, 0.1) is 0 Å². The number of nitrogens with one attached hydrogen (secondary N) is 1. The van der Waals surface area contributed by atoms with Crippen LogP contribution in [-0.2, 0) is 4.79 Å². The molecule has 0 aromatic carbocycles. The standard InChI is InChI=1S/C14H14BrF2N3O/c1-8(16)3-4-12(17)9(2)13(14(18)21)20-11-5-10(15)6-19-7-11/h3-7,13,20H,2H2,1H3,(H2,18,21)/b8-3+,12-4+. The molecule has 1 atom stereocenters. The molecule has 1 unspecified atom stereocenters. The molecule has 0 bridgehead atoms. The molecule has 0 aliphatic rings. The Morgan fingerprint density at radius 3 is 2.67 bits per heavy atom. The Labute approximate surface area is 129 Å². The lowest BCUT2D eigenvalue weighted by Gasteiger charge is -2.18. The van der Waals surface area contributed by atoms with Gasteiger partial charge in [0, 0.05) is 16.2 Å². The maximum Gasteiger partial charge on any atom is 0.244 e. The van der Waals surface area contributed by atoms with Gasteiger partial charge in [-0.25, -0.2) is 8.78 Å². The fourth-order valence-corrected chi connectivity index (χ4v) is 1.79. The predicted molar refractivity (Wildman–Crippen MR) is 81.7 cm³/mol. The highest BCUT2D eigenvalue weighted by Crippen LogP contribution is 2.20. The molecule has 1 rings (SSSR count). The third-order valence-corrected chi connectivity index (χ3v) is 2.85. The lowest BCUT2D eigenvalue weighted by molar-refractivity contribution is -0.118. The summed E-state index contributed by atoms with van der Waals surface area (Å²) in [6, 6.07) is 0.467. The van der Waals surface area contributed by atoms with E-state index in [1.807, 2.05) is 0 Å². The molecular weight excluding hydrogens is 344 g/mol. The molecular formula is C14H14BrF2N3O. The van der Waals surface area contributed by atoms with E-state index >= 15 is 0 Å². The van der Waals surface area contributed by atoms with Crippen molar-refractivity contribution in [3.63, 3.8) is 0 Å². The summed E-state index contributed by atoms with van der Waals surface area (Å²) in [5.74, 6) is -2.23. The Kier molecular flexibility index (Phi) is 6.23. The molecule has 4 nitrogen and oxygen atoms in total. The summed E-state index contributed by atoms with van der Waals surface area (Å²) in [4.78, 5) is 15.4. The zero-order valence-electron chi connectivity index (χ0n) is 11.2. The monoisotopic (exact) mass is 357 g/mol. The number of aromatic nitrogens is 1. The van der Waals surface area contributed by atoms with Crippen molar-refractivity contribution in [2.75, 3.05) is 5.32 Å². The number of hydrogen-bond acceptors (Lipinski definition) is 3. The summed E-state index contributed by atoms with van der Waals surface area (Å²) >= 11 is 3.22. The van der Waals surface area contributed by atoms with Crippen molar-refractivity contribution < 1.29 is 13.6 Å². The number of carbonyl (C=O) groups is 1. The summed E-state index contributed by atoms with van der Waals surface area (Å²) < 4.78 is 27.1. The molecule has 3 N–H and O–H groups in total. The number of primary amides is 1. The summed E-state index contributed by atoms with van der Waals surface area (Å²) in [6.45, 7) is 4.65. The largest absolute Gasteiger partial charge is 0.369 e. The SMILES string of the molecule is C=C(/C(F)=C\C=C(/C)F)C(Nc1cncc(Br)c1)C(N)=O. The minimum atomic E-state index is -1.18. The van der Waals surface area contributed by atoms with E-state index in [2.05, 4.69) is 32.8 Å². The number of nitrogens with two attached hydrogens (primary N) is 1. The first kappa shape index (κ1) is 17.0. The van der Waals surface area contributed by atoms with Gasteiger partial charge in [0.05, 0.1) is 17.7 Å². The molecule has 0 spiro atoms. The Bertz CT molecular complexity index is 610. The van der Waals surface area contributed by atoms with Gasteiger partial charge in [-0.3, -0.25) is 9.78 Å². The summed E-state index contributed by atoms with van der Waals surface area (Å²) in [7, 11) is 0. The molecule has 1 aromatic heterocycles. The Morgan fingerprint density at radius 1 is 1.48 bits per heavy atom. The van der Waals surface area contributed by atoms with Gasteiger partial charge in [-0.1, -0.05) is 6.58 Å². The van der Waals surface area contributed by atoms with E-state index in [0.29, 0.717) is 10.2 Å². The summed E-state index contributed by atoms with van der Waals surface area (Å²) in [5, 5.41) is 2.73. The Morgan fingerprint density at radius 2 is 2.14 bits per heavy atom. The van der Waals surface area contributed by atoms with E-state index in [1.54, 1.807) is 12.3 Å². The van der Waals surface area contributed by atoms with Crippen molar-refractivity contribution in [1.82, 2.24) is 4.98 Å². The normalized spacial score (nSPS) is 13.7. The number of hydrogen-bond donors (Lipinski definition) is 2. The highest BCUT2D eigenvalue weighted by atomic mass is 79.9. The van der Waals surface area contributed by atoms with E-state index in [0.717, 1.165) is 12.2 Å². The van der Waals surface area contributed by atoms with Gasteiger partial charge in [0.2, 0.25) is 5.91 Å². The van der Waals surface area contributed by atoms with Gasteiger partial charge in [0.15, 0.2) is 0 Å². The second-order valence-corrected chi connectivity index (χ2v) is 5.08. The molecule has 1 heterocycles. The molecule has 0 saturated heterocycles. The van der Waals surface area contributed by atoms with E-state index in [-0.39, 0.29) is 5.57 Å². The average Bonchev–Trinajstić information content (AvgIpc) is 2.41. The fourth-order valence-electron chi connectivity index (χ4n) is 1.42. The maximum atomic E-state index is 13.8. The quantitative estimate of drug-likeness (QED) is 0.766. The number of anilines is 1. The lowest BCUT2D eigenvalue weighted by Crippen LogP contribution is -2.37. The number of carbonyl (C=O) groups excluding carboxylic acids is 1. The first-order valence-electron chi connectivity index (χ1n) is 5.86. The van der Waals surface area contributed by atoms with E-state index in [4.69, 9.17) is 5.73 Å². The van der Waals surface area contributed by atoms with Crippen LogP contribution in [0.3, 0.4) is 0 Å². The van der Waals surface area contributed by atoms with Crippen LogP contribution in [0.25, 0.3) is 0 Å². The number of amides is 1. The van der Waals surface area contributed by atoms with Crippen LogP contribution in [0.5, 0.6) is 0 Å². The van der Waals surface area contributed by atoms with Crippen molar-refractivity contribution in [2.45, 2.75) is 13.0 Å². The zero-order chi connectivity index (χ0) is 16.0. The fraction of sp³-hybridized carbons (Fsp3) is 0.143. The second-order valence-electron chi connectivity index (χ2n) is 4.16. The molecule has 21 heavy (non-hydrogen) atoms. The van der Waals surface area contributed by atoms with Crippen molar-refractivity contribution >= 4 is 27.5 Å². The number of halogens is 3. The zero-order valence-corrected chi connectivity index (χ0v) is 12.8. The average molecular weight is 358 g/mol. The Balaban J connectivity index is 2.97. The number of pyridine rings is 1. The molecule has 1 aromatic rings. The minimum Gasteiger partial charge on any atom is -0.369 e. The number of allylic oxidation sites excluding steroid dienone is 3. The maximum absolute atomic E-state index is 13.8. The van der Waals surface area contributed by atoms with Gasteiger partial charge in [-0.05, 0) is 41.1 Å². The lowest BCUT2D eigenvalue weighted by atomic mass is 10.1.